The quantitative estimate of drug-likeness (QED) is 0.407. The van der Waals surface area contributed by atoms with Crippen LogP contribution >= 0.6 is 11.6 Å². The summed E-state index contributed by atoms with van der Waals surface area (Å²) in [5.41, 5.74) is 2.58. The molecular weight excluding hydrogens is 514 g/mol. The number of ether oxygens (including phenoxy) is 1. The van der Waals surface area contributed by atoms with Crippen molar-refractivity contribution in [3.63, 3.8) is 0 Å². The molecule has 3 unspecified atom stereocenters. The van der Waals surface area contributed by atoms with Gasteiger partial charge in [0.2, 0.25) is 11.8 Å². The summed E-state index contributed by atoms with van der Waals surface area (Å²) in [5.74, 6) is -0.238. The summed E-state index contributed by atoms with van der Waals surface area (Å²) in [6.45, 7) is 0.866. The number of methoxy groups -OCH3 is 1. The van der Waals surface area contributed by atoms with Crippen LogP contribution in [0, 0.1) is 11.8 Å². The first-order valence-electron chi connectivity index (χ1n) is 13.3. The zero-order valence-corrected chi connectivity index (χ0v) is 22.6. The lowest BCUT2D eigenvalue weighted by Crippen LogP contribution is -2.63. The van der Waals surface area contributed by atoms with Crippen LogP contribution in [0.25, 0.3) is 0 Å². The van der Waals surface area contributed by atoms with Crippen molar-refractivity contribution < 1.29 is 19.1 Å². The van der Waals surface area contributed by atoms with Gasteiger partial charge in [0, 0.05) is 30.1 Å². The van der Waals surface area contributed by atoms with Gasteiger partial charge in [0.25, 0.3) is 0 Å². The minimum atomic E-state index is -0.384. The van der Waals surface area contributed by atoms with Crippen molar-refractivity contribution in [1.82, 2.24) is 10.2 Å². The van der Waals surface area contributed by atoms with Gasteiger partial charge >= 0.3 is 6.03 Å². The predicted molar refractivity (Wildman–Crippen MR) is 151 cm³/mol. The van der Waals surface area contributed by atoms with Gasteiger partial charge in [0.1, 0.15) is 5.75 Å². The molecule has 3 aromatic rings. The van der Waals surface area contributed by atoms with Crippen LogP contribution in [0.4, 0.5) is 10.5 Å². The maximum absolute atomic E-state index is 13.9. The standard InChI is InChI=1S/C31H32ClN3O4/c1-39-26-14-12-25(13-15-26)35-30(37)27-16-9-23(29(36)33-18-17-21-5-3-2-4-6-21)19-28(27)34(31(35)38)20-22-7-10-24(32)11-8-22/h2-8,10-15,23,27-28H,9,16-20H2,1H3,(H,33,36). The minimum absolute atomic E-state index is 0.0201. The molecule has 1 heterocycles. The molecule has 2 aliphatic rings. The largest absolute Gasteiger partial charge is 0.497 e. The van der Waals surface area contributed by atoms with Crippen molar-refractivity contribution in [2.45, 2.75) is 38.3 Å². The lowest BCUT2D eigenvalue weighted by atomic mass is 9.75. The van der Waals surface area contributed by atoms with Crippen LogP contribution in [0.3, 0.4) is 0 Å². The summed E-state index contributed by atoms with van der Waals surface area (Å²) in [6, 6.07) is 23.6. The number of hydrogen-bond acceptors (Lipinski definition) is 4. The lowest BCUT2D eigenvalue weighted by Gasteiger charge is -2.48. The van der Waals surface area contributed by atoms with Gasteiger partial charge in [-0.15, -0.1) is 0 Å². The zero-order chi connectivity index (χ0) is 27.4. The molecule has 1 aliphatic carbocycles. The molecule has 7 nitrogen and oxygen atoms in total. The number of benzene rings is 3. The van der Waals surface area contributed by atoms with E-state index in [1.54, 1.807) is 48.4 Å². The van der Waals surface area contributed by atoms with Gasteiger partial charge in [-0.1, -0.05) is 54.1 Å². The van der Waals surface area contributed by atoms with Crippen molar-refractivity contribution in [1.29, 1.82) is 0 Å². The molecule has 202 valence electrons. The van der Waals surface area contributed by atoms with Crippen molar-refractivity contribution in [3.05, 3.63) is 95.0 Å². The zero-order valence-electron chi connectivity index (χ0n) is 21.9. The average molecular weight is 546 g/mol. The van der Waals surface area contributed by atoms with E-state index in [1.165, 1.54) is 4.90 Å². The van der Waals surface area contributed by atoms with Crippen LogP contribution in [0.2, 0.25) is 5.02 Å². The summed E-state index contributed by atoms with van der Waals surface area (Å²) in [6.07, 6.45) is 2.34. The number of fused-ring (bicyclic) bond motifs is 1. The highest BCUT2D eigenvalue weighted by Gasteiger charge is 2.50. The summed E-state index contributed by atoms with van der Waals surface area (Å²) in [4.78, 5) is 43.8. The first kappa shape index (κ1) is 26.8. The average Bonchev–Trinajstić information content (AvgIpc) is 2.97. The van der Waals surface area contributed by atoms with Crippen molar-refractivity contribution >= 4 is 35.1 Å². The third-order valence-electron chi connectivity index (χ3n) is 7.71. The number of urea groups is 1. The number of halogens is 1. The molecule has 1 saturated heterocycles. The van der Waals surface area contributed by atoms with Crippen molar-refractivity contribution in [2.75, 3.05) is 18.6 Å². The Morgan fingerprint density at radius 3 is 2.36 bits per heavy atom. The number of rotatable bonds is 8. The third-order valence-corrected chi connectivity index (χ3v) is 7.97. The molecule has 0 radical (unpaired) electrons. The van der Waals surface area contributed by atoms with Crippen LogP contribution in [-0.2, 0) is 22.6 Å². The fourth-order valence-corrected chi connectivity index (χ4v) is 5.73. The van der Waals surface area contributed by atoms with Crippen LogP contribution in [0.5, 0.6) is 5.75 Å². The maximum Gasteiger partial charge on any atom is 0.331 e. The third kappa shape index (κ3) is 5.93. The number of imide groups is 1. The van der Waals surface area contributed by atoms with E-state index in [2.05, 4.69) is 5.32 Å². The number of anilines is 1. The Labute approximate surface area is 233 Å². The van der Waals surface area contributed by atoms with E-state index in [-0.39, 0.29) is 35.7 Å². The second-order valence-corrected chi connectivity index (χ2v) is 10.6. The molecular formula is C31H32ClN3O4. The van der Waals surface area contributed by atoms with Crippen molar-refractivity contribution in [3.8, 4) is 5.75 Å². The van der Waals surface area contributed by atoms with Gasteiger partial charge in [0.15, 0.2) is 0 Å². The Morgan fingerprint density at radius 1 is 0.949 bits per heavy atom. The van der Waals surface area contributed by atoms with Gasteiger partial charge in [-0.3, -0.25) is 9.59 Å². The molecule has 4 amide bonds. The van der Waals surface area contributed by atoms with Gasteiger partial charge in [0.05, 0.1) is 18.7 Å². The fraction of sp³-hybridized carbons (Fsp3) is 0.323. The molecule has 0 bridgehead atoms. The van der Waals surface area contributed by atoms with E-state index in [1.807, 2.05) is 42.5 Å². The summed E-state index contributed by atoms with van der Waals surface area (Å²) in [7, 11) is 1.57. The SMILES string of the molecule is COc1ccc(N2C(=O)C3CCC(C(=O)NCCc4ccccc4)CC3N(Cc3ccc(Cl)cc3)C2=O)cc1. The second kappa shape index (κ2) is 11.9. The summed E-state index contributed by atoms with van der Waals surface area (Å²) >= 11 is 6.09. The monoisotopic (exact) mass is 545 g/mol. The predicted octanol–water partition coefficient (Wildman–Crippen LogP) is 5.46. The fourth-order valence-electron chi connectivity index (χ4n) is 5.61. The Hall–Kier alpha value is -3.84. The van der Waals surface area contributed by atoms with E-state index in [4.69, 9.17) is 16.3 Å². The normalized spacial score (nSPS) is 20.9. The van der Waals surface area contributed by atoms with Gasteiger partial charge in [-0.25, -0.2) is 9.69 Å². The highest BCUT2D eigenvalue weighted by Crippen LogP contribution is 2.40. The molecule has 3 atom stereocenters. The highest BCUT2D eigenvalue weighted by atomic mass is 35.5. The number of nitrogens with one attached hydrogen (secondary N) is 1. The number of amides is 4. The molecule has 0 aromatic heterocycles. The molecule has 5 rings (SSSR count). The Kier molecular flexibility index (Phi) is 8.17. The van der Waals surface area contributed by atoms with E-state index >= 15 is 0 Å². The first-order valence-corrected chi connectivity index (χ1v) is 13.7. The Bertz CT molecular complexity index is 1310. The van der Waals surface area contributed by atoms with E-state index in [0.717, 1.165) is 17.5 Å². The molecule has 2 fully saturated rings. The van der Waals surface area contributed by atoms with Crippen LogP contribution in [-0.4, -0.2) is 42.4 Å². The Morgan fingerprint density at radius 2 is 1.67 bits per heavy atom. The van der Waals surface area contributed by atoms with Gasteiger partial charge in [-0.05, 0) is 73.2 Å². The highest BCUT2D eigenvalue weighted by molar-refractivity contribution is 6.30. The van der Waals surface area contributed by atoms with Gasteiger partial charge in [-0.2, -0.15) is 0 Å². The molecule has 3 aromatic carbocycles. The Balaban J connectivity index is 1.35. The molecule has 39 heavy (non-hydrogen) atoms. The first-order chi connectivity index (χ1) is 18.9. The second-order valence-electron chi connectivity index (χ2n) is 10.1. The van der Waals surface area contributed by atoms with E-state index in [0.29, 0.717) is 48.8 Å². The molecule has 1 N–H and O–H groups in total. The number of hydrogen-bond donors (Lipinski definition) is 1. The minimum Gasteiger partial charge on any atom is -0.497 e. The van der Waals surface area contributed by atoms with Crippen LogP contribution in [0.15, 0.2) is 78.9 Å². The molecule has 1 aliphatic heterocycles. The van der Waals surface area contributed by atoms with Crippen LogP contribution in [0.1, 0.15) is 30.4 Å². The van der Waals surface area contributed by atoms with Gasteiger partial charge < -0.3 is 15.0 Å². The number of nitrogens with zero attached hydrogens (tertiary/aromatic N) is 2. The van der Waals surface area contributed by atoms with E-state index < -0.39 is 0 Å². The summed E-state index contributed by atoms with van der Waals surface area (Å²) < 4.78 is 5.25. The lowest BCUT2D eigenvalue weighted by molar-refractivity contribution is -0.133. The maximum atomic E-state index is 13.9. The topological polar surface area (TPSA) is 79.0 Å². The molecule has 8 heteroatoms. The molecule has 1 saturated carbocycles. The smallest absolute Gasteiger partial charge is 0.331 e. The van der Waals surface area contributed by atoms with E-state index in [9.17, 15) is 14.4 Å². The molecule has 0 spiro atoms. The number of carbonyl (C=O) groups is 3. The summed E-state index contributed by atoms with van der Waals surface area (Å²) in [5, 5.41) is 3.68. The van der Waals surface area contributed by atoms with Crippen molar-refractivity contribution in [2.24, 2.45) is 11.8 Å². The van der Waals surface area contributed by atoms with Crippen LogP contribution < -0.4 is 15.0 Å². The number of carbonyl (C=O) groups excluding carboxylic acids is 3.